The standard InChI is InChI=1S/C28H37N5O3S2/c1-3-4-5-25(36-23-12-8-21(9-13-23)27(29)32-34)35-22-10-6-20(7-11-22)26-24(38-28(30-2)31-26)14-15-33-16-18-37-19-17-33/h6-13,25,34H,3-5,14-19H2,1-2H3,(H2,29,32)(H,30,31). The summed E-state index contributed by atoms with van der Waals surface area (Å²) in [5.74, 6) is 3.92. The fourth-order valence-corrected chi connectivity index (χ4v) is 6.11. The number of thiazole rings is 1. The van der Waals surface area contributed by atoms with Gasteiger partial charge in [-0.05, 0) is 61.4 Å². The van der Waals surface area contributed by atoms with Crippen molar-refractivity contribution in [3.63, 3.8) is 0 Å². The molecule has 8 nitrogen and oxygen atoms in total. The lowest BCUT2D eigenvalue weighted by molar-refractivity contribution is -0.00211. The molecule has 2 heterocycles. The van der Waals surface area contributed by atoms with Crippen LogP contribution in [0, 0.1) is 0 Å². The number of aromatic nitrogens is 1. The molecule has 38 heavy (non-hydrogen) atoms. The average molecular weight is 556 g/mol. The smallest absolute Gasteiger partial charge is 0.241 e. The third-order valence-electron chi connectivity index (χ3n) is 6.38. The van der Waals surface area contributed by atoms with Gasteiger partial charge in [-0.25, -0.2) is 4.98 Å². The number of anilines is 1. The summed E-state index contributed by atoms with van der Waals surface area (Å²) in [6.07, 6.45) is 3.36. The highest BCUT2D eigenvalue weighted by atomic mass is 32.2. The zero-order chi connectivity index (χ0) is 26.7. The Morgan fingerprint density at radius 1 is 1.11 bits per heavy atom. The van der Waals surface area contributed by atoms with Crippen molar-refractivity contribution in [1.29, 1.82) is 0 Å². The van der Waals surface area contributed by atoms with Crippen LogP contribution >= 0.6 is 23.1 Å². The normalized spacial score (nSPS) is 15.3. The summed E-state index contributed by atoms with van der Waals surface area (Å²) in [6, 6.07) is 15.2. The molecule has 204 valence electrons. The molecule has 2 aromatic carbocycles. The van der Waals surface area contributed by atoms with Crippen molar-refractivity contribution in [2.75, 3.05) is 43.5 Å². The first kappa shape index (κ1) is 28.1. The summed E-state index contributed by atoms with van der Waals surface area (Å²) in [7, 11) is 1.92. The molecule has 1 aromatic heterocycles. The predicted octanol–water partition coefficient (Wildman–Crippen LogP) is 5.51. The van der Waals surface area contributed by atoms with Crippen LogP contribution < -0.4 is 20.5 Å². The molecular formula is C28H37N5O3S2. The molecule has 1 aliphatic heterocycles. The second-order valence-corrected chi connectivity index (χ2v) is 11.4. The number of thioether (sulfide) groups is 1. The maximum atomic E-state index is 8.87. The molecular weight excluding hydrogens is 518 g/mol. The summed E-state index contributed by atoms with van der Waals surface area (Å²) in [6.45, 7) is 5.55. The van der Waals surface area contributed by atoms with E-state index in [4.69, 9.17) is 25.4 Å². The number of hydrogen-bond acceptors (Lipinski definition) is 9. The van der Waals surface area contributed by atoms with E-state index in [0.29, 0.717) is 11.3 Å². The number of oxime groups is 1. The van der Waals surface area contributed by atoms with Crippen LogP contribution in [0.2, 0.25) is 0 Å². The number of amidine groups is 1. The van der Waals surface area contributed by atoms with Gasteiger partial charge >= 0.3 is 0 Å². The Hall–Kier alpha value is -2.95. The number of benzene rings is 2. The number of nitrogens with one attached hydrogen (secondary N) is 1. The molecule has 0 radical (unpaired) electrons. The molecule has 0 amide bonds. The first-order valence-corrected chi connectivity index (χ1v) is 15.1. The Kier molecular flexibility index (Phi) is 10.5. The van der Waals surface area contributed by atoms with E-state index in [-0.39, 0.29) is 5.84 Å². The van der Waals surface area contributed by atoms with Crippen LogP contribution in [0.5, 0.6) is 11.5 Å². The lowest BCUT2D eigenvalue weighted by Gasteiger charge is -2.25. The van der Waals surface area contributed by atoms with Gasteiger partial charge < -0.3 is 30.6 Å². The average Bonchev–Trinajstić information content (AvgIpc) is 3.39. The van der Waals surface area contributed by atoms with Crippen LogP contribution in [0.4, 0.5) is 5.13 Å². The highest BCUT2D eigenvalue weighted by molar-refractivity contribution is 7.99. The molecule has 1 unspecified atom stereocenters. The van der Waals surface area contributed by atoms with Crippen molar-refractivity contribution >= 4 is 34.1 Å². The minimum absolute atomic E-state index is 0.0612. The van der Waals surface area contributed by atoms with Crippen LogP contribution in [0.25, 0.3) is 11.3 Å². The second kappa shape index (κ2) is 14.3. The van der Waals surface area contributed by atoms with Gasteiger partial charge in [0, 0.05) is 60.6 Å². The Bertz CT molecular complexity index is 1160. The number of nitrogens with zero attached hydrogens (tertiary/aromatic N) is 3. The molecule has 1 atom stereocenters. The SMILES string of the molecule is CCCCC(Oc1ccc(C(N)=NO)cc1)Oc1ccc(-c2nc(NC)sc2CCN2CCSCC2)cc1. The Labute approximate surface area is 233 Å². The van der Waals surface area contributed by atoms with Crippen molar-refractivity contribution in [1.82, 2.24) is 9.88 Å². The van der Waals surface area contributed by atoms with Crippen LogP contribution in [-0.4, -0.2) is 65.4 Å². The Morgan fingerprint density at radius 2 is 1.76 bits per heavy atom. The molecule has 4 rings (SSSR count). The molecule has 3 aromatic rings. The minimum Gasteiger partial charge on any atom is -0.455 e. The molecule has 0 spiro atoms. The monoisotopic (exact) mass is 555 g/mol. The zero-order valence-electron chi connectivity index (χ0n) is 22.1. The quantitative estimate of drug-likeness (QED) is 0.0834. The van der Waals surface area contributed by atoms with Gasteiger partial charge in [-0.15, -0.1) is 11.3 Å². The van der Waals surface area contributed by atoms with Crippen LogP contribution in [0.3, 0.4) is 0 Å². The largest absolute Gasteiger partial charge is 0.455 e. The highest BCUT2D eigenvalue weighted by Crippen LogP contribution is 2.33. The van der Waals surface area contributed by atoms with Crippen LogP contribution in [-0.2, 0) is 6.42 Å². The van der Waals surface area contributed by atoms with E-state index in [2.05, 4.69) is 34.4 Å². The first-order valence-electron chi connectivity index (χ1n) is 13.1. The number of ether oxygens (including phenoxy) is 2. The van der Waals surface area contributed by atoms with Gasteiger partial charge in [-0.1, -0.05) is 18.5 Å². The maximum Gasteiger partial charge on any atom is 0.241 e. The Morgan fingerprint density at radius 3 is 2.37 bits per heavy atom. The van der Waals surface area contributed by atoms with Gasteiger partial charge in [0.05, 0.1) is 5.69 Å². The molecule has 1 saturated heterocycles. The van der Waals surface area contributed by atoms with Crippen molar-refractivity contribution < 1.29 is 14.7 Å². The second-order valence-electron chi connectivity index (χ2n) is 9.09. The van der Waals surface area contributed by atoms with Crippen LogP contribution in [0.15, 0.2) is 53.7 Å². The lowest BCUT2D eigenvalue weighted by atomic mass is 10.1. The van der Waals surface area contributed by atoms with Gasteiger partial charge in [0.15, 0.2) is 11.0 Å². The van der Waals surface area contributed by atoms with Gasteiger partial charge in [0.1, 0.15) is 11.5 Å². The summed E-state index contributed by atoms with van der Waals surface area (Å²) < 4.78 is 12.4. The fourth-order valence-electron chi connectivity index (χ4n) is 4.21. The Balaban J connectivity index is 1.43. The van der Waals surface area contributed by atoms with Gasteiger partial charge in [0.2, 0.25) is 6.29 Å². The highest BCUT2D eigenvalue weighted by Gasteiger charge is 2.17. The van der Waals surface area contributed by atoms with E-state index in [1.54, 1.807) is 35.6 Å². The van der Waals surface area contributed by atoms with Crippen molar-refractivity contribution in [3.8, 4) is 22.8 Å². The van der Waals surface area contributed by atoms with E-state index in [9.17, 15) is 0 Å². The maximum absolute atomic E-state index is 8.87. The predicted molar refractivity (Wildman–Crippen MR) is 158 cm³/mol. The molecule has 0 bridgehead atoms. The molecule has 10 heteroatoms. The topological polar surface area (TPSA) is 105 Å². The molecule has 1 fully saturated rings. The first-order chi connectivity index (χ1) is 18.6. The number of rotatable bonds is 13. The lowest BCUT2D eigenvalue weighted by Crippen LogP contribution is -2.34. The summed E-state index contributed by atoms with van der Waals surface area (Å²) in [5.41, 5.74) is 8.42. The van der Waals surface area contributed by atoms with E-state index >= 15 is 0 Å². The van der Waals surface area contributed by atoms with E-state index < -0.39 is 6.29 Å². The third kappa shape index (κ3) is 7.78. The van der Waals surface area contributed by atoms with E-state index in [1.807, 2.05) is 30.9 Å². The van der Waals surface area contributed by atoms with Crippen molar-refractivity contribution in [3.05, 3.63) is 59.0 Å². The number of unbranched alkanes of at least 4 members (excludes halogenated alkanes) is 1. The number of hydrogen-bond donors (Lipinski definition) is 3. The van der Waals surface area contributed by atoms with Gasteiger partial charge in [0.25, 0.3) is 0 Å². The zero-order valence-corrected chi connectivity index (χ0v) is 23.7. The molecule has 0 saturated carbocycles. The van der Waals surface area contributed by atoms with Crippen molar-refractivity contribution in [2.45, 2.75) is 38.9 Å². The van der Waals surface area contributed by atoms with Crippen LogP contribution in [0.1, 0.15) is 36.6 Å². The van der Waals surface area contributed by atoms with Gasteiger partial charge in [-0.3, -0.25) is 0 Å². The molecule has 0 aliphatic carbocycles. The van der Waals surface area contributed by atoms with Gasteiger partial charge in [-0.2, -0.15) is 11.8 Å². The molecule has 4 N–H and O–H groups in total. The minimum atomic E-state index is -0.427. The summed E-state index contributed by atoms with van der Waals surface area (Å²) in [5, 5.41) is 16.1. The summed E-state index contributed by atoms with van der Waals surface area (Å²) in [4.78, 5) is 8.72. The number of nitrogens with two attached hydrogens (primary N) is 1. The van der Waals surface area contributed by atoms with E-state index in [1.165, 1.54) is 29.5 Å². The third-order valence-corrected chi connectivity index (χ3v) is 8.46. The fraction of sp³-hybridized carbons (Fsp3) is 0.429. The molecule has 1 aliphatic rings. The van der Waals surface area contributed by atoms with E-state index in [0.717, 1.165) is 54.4 Å². The summed E-state index contributed by atoms with van der Waals surface area (Å²) >= 11 is 3.78. The van der Waals surface area contributed by atoms with Crippen molar-refractivity contribution in [2.24, 2.45) is 10.9 Å².